The van der Waals surface area contributed by atoms with E-state index in [-0.39, 0.29) is 0 Å². The van der Waals surface area contributed by atoms with Crippen LogP contribution in [0.5, 0.6) is 0 Å². The van der Waals surface area contributed by atoms with E-state index in [1.54, 1.807) is 0 Å². The minimum Gasteiger partial charge on any atom is -0.309 e. The molecule has 1 amide bonds. The van der Waals surface area contributed by atoms with Gasteiger partial charge in [-0.1, -0.05) is 18.2 Å². The largest absolute Gasteiger partial charge is 0.309 e. The molecule has 0 atom stereocenters. The van der Waals surface area contributed by atoms with Crippen LogP contribution in [-0.4, -0.2) is 11.9 Å². The molecule has 0 radical (unpaired) electrons. The zero-order valence-corrected chi connectivity index (χ0v) is 7.31. The second-order valence-corrected chi connectivity index (χ2v) is 3.87. The van der Waals surface area contributed by atoms with Crippen molar-refractivity contribution < 1.29 is 4.79 Å². The number of carbonyl (C=O) groups excluding carboxylic acids is 1. The molecule has 2 heterocycles. The highest BCUT2D eigenvalue weighted by atomic mass is 16.2. The predicted molar refractivity (Wildman–Crippen MR) is 50.4 cm³/mol. The zero-order chi connectivity index (χ0) is 8.84. The molecule has 2 saturated heterocycles. The molecule has 2 aliphatic heterocycles. The van der Waals surface area contributed by atoms with Gasteiger partial charge in [-0.3, -0.25) is 4.79 Å². The lowest BCUT2D eigenvalue weighted by Gasteiger charge is -2.24. The second-order valence-electron chi connectivity index (χ2n) is 3.87. The number of para-hydroxylation sites is 1. The van der Waals surface area contributed by atoms with Crippen molar-refractivity contribution in [2.75, 3.05) is 4.90 Å². The minimum atomic E-state index is 0.330. The fourth-order valence-electron chi connectivity index (χ4n) is 2.30. The maximum absolute atomic E-state index is 11.7. The molecule has 0 unspecified atom stereocenters. The lowest BCUT2D eigenvalue weighted by Crippen LogP contribution is -2.29. The van der Waals surface area contributed by atoms with Crippen LogP contribution in [0.3, 0.4) is 0 Å². The average Bonchev–Trinajstić information content (AvgIpc) is 2.57. The molecule has 1 saturated carbocycles. The Kier molecular flexibility index (Phi) is 1.29. The normalized spacial score (nSPS) is 30.5. The summed E-state index contributed by atoms with van der Waals surface area (Å²) < 4.78 is 0. The van der Waals surface area contributed by atoms with Gasteiger partial charge in [0.05, 0.1) is 0 Å². The van der Waals surface area contributed by atoms with E-state index in [2.05, 4.69) is 0 Å². The Hall–Kier alpha value is -1.31. The molecule has 1 aromatic rings. The van der Waals surface area contributed by atoms with Crippen LogP contribution in [0, 0.1) is 5.92 Å². The summed E-state index contributed by atoms with van der Waals surface area (Å²) in [4.78, 5) is 13.6. The van der Waals surface area contributed by atoms with Gasteiger partial charge in [0, 0.05) is 17.6 Å². The number of hydrogen-bond donors (Lipinski definition) is 0. The standard InChI is InChI=1S/C11H11NO/c13-11-8-6-10(7-8)12(11)9-4-2-1-3-5-9/h1-5,8,10H,6-7H2. The molecular weight excluding hydrogens is 162 g/mol. The number of hydrogen-bond acceptors (Lipinski definition) is 1. The molecule has 1 aliphatic carbocycles. The van der Waals surface area contributed by atoms with Crippen molar-refractivity contribution in [3.05, 3.63) is 30.3 Å². The summed E-state index contributed by atoms with van der Waals surface area (Å²) in [7, 11) is 0. The molecule has 3 aliphatic rings. The highest BCUT2D eigenvalue weighted by Crippen LogP contribution is 2.44. The SMILES string of the molecule is O=C1C2CC(C2)N1c1ccccc1. The molecule has 2 heteroatoms. The van der Waals surface area contributed by atoms with Gasteiger partial charge < -0.3 is 4.90 Å². The minimum absolute atomic E-state index is 0.330. The van der Waals surface area contributed by atoms with Gasteiger partial charge in [0.15, 0.2) is 0 Å². The fourth-order valence-corrected chi connectivity index (χ4v) is 2.30. The van der Waals surface area contributed by atoms with Gasteiger partial charge in [-0.15, -0.1) is 0 Å². The van der Waals surface area contributed by atoms with E-state index in [1.807, 2.05) is 35.2 Å². The van der Waals surface area contributed by atoms with E-state index < -0.39 is 0 Å². The zero-order valence-electron chi connectivity index (χ0n) is 7.31. The Morgan fingerprint density at radius 3 is 2.38 bits per heavy atom. The average molecular weight is 173 g/mol. The number of fused-ring (bicyclic) bond motifs is 1. The van der Waals surface area contributed by atoms with Crippen LogP contribution in [-0.2, 0) is 4.79 Å². The van der Waals surface area contributed by atoms with Crippen LogP contribution in [0.1, 0.15) is 12.8 Å². The monoisotopic (exact) mass is 173 g/mol. The summed E-state index contributed by atoms with van der Waals surface area (Å²) in [5.41, 5.74) is 1.07. The van der Waals surface area contributed by atoms with Crippen molar-refractivity contribution in [3.63, 3.8) is 0 Å². The second kappa shape index (κ2) is 2.34. The maximum atomic E-state index is 11.7. The van der Waals surface area contributed by atoms with Crippen LogP contribution in [0.15, 0.2) is 30.3 Å². The number of anilines is 1. The van der Waals surface area contributed by atoms with E-state index in [0.29, 0.717) is 17.9 Å². The van der Waals surface area contributed by atoms with Crippen molar-refractivity contribution in [1.82, 2.24) is 0 Å². The molecule has 13 heavy (non-hydrogen) atoms. The van der Waals surface area contributed by atoms with Crippen molar-refractivity contribution >= 4 is 11.6 Å². The van der Waals surface area contributed by atoms with Crippen molar-refractivity contribution in [3.8, 4) is 0 Å². The van der Waals surface area contributed by atoms with Gasteiger partial charge in [0.25, 0.3) is 0 Å². The predicted octanol–water partition coefficient (Wildman–Crippen LogP) is 1.81. The Labute approximate surface area is 77.2 Å². The topological polar surface area (TPSA) is 20.3 Å². The molecule has 0 N–H and O–H groups in total. The van der Waals surface area contributed by atoms with Gasteiger partial charge in [-0.05, 0) is 25.0 Å². The number of rotatable bonds is 1. The Morgan fingerprint density at radius 2 is 1.85 bits per heavy atom. The van der Waals surface area contributed by atoms with Gasteiger partial charge in [-0.2, -0.15) is 0 Å². The van der Waals surface area contributed by atoms with Crippen LogP contribution in [0.25, 0.3) is 0 Å². The third-order valence-electron chi connectivity index (χ3n) is 3.10. The first kappa shape index (κ1) is 7.13. The van der Waals surface area contributed by atoms with E-state index >= 15 is 0 Å². The molecule has 2 nitrogen and oxygen atoms in total. The highest BCUT2D eigenvalue weighted by molar-refractivity contribution is 6.00. The third-order valence-corrected chi connectivity index (χ3v) is 3.10. The lowest BCUT2D eigenvalue weighted by molar-refractivity contribution is -0.119. The summed E-state index contributed by atoms with van der Waals surface area (Å²) in [6, 6.07) is 10.5. The number of nitrogens with zero attached hydrogens (tertiary/aromatic N) is 1. The van der Waals surface area contributed by atoms with Crippen LogP contribution in [0.2, 0.25) is 0 Å². The molecule has 2 bridgehead atoms. The Morgan fingerprint density at radius 1 is 1.15 bits per heavy atom. The van der Waals surface area contributed by atoms with Gasteiger partial charge in [-0.25, -0.2) is 0 Å². The number of benzene rings is 1. The molecule has 0 aromatic heterocycles. The fraction of sp³-hybridized carbons (Fsp3) is 0.364. The summed E-state index contributed by atoms with van der Waals surface area (Å²) >= 11 is 0. The first-order valence-corrected chi connectivity index (χ1v) is 4.74. The van der Waals surface area contributed by atoms with Gasteiger partial charge in [0.1, 0.15) is 0 Å². The first-order chi connectivity index (χ1) is 6.36. The summed E-state index contributed by atoms with van der Waals surface area (Å²) in [5, 5.41) is 0. The van der Waals surface area contributed by atoms with E-state index in [0.717, 1.165) is 18.5 Å². The van der Waals surface area contributed by atoms with Crippen molar-refractivity contribution in [2.24, 2.45) is 5.92 Å². The molecule has 0 spiro atoms. The van der Waals surface area contributed by atoms with Gasteiger partial charge in [0.2, 0.25) is 5.91 Å². The summed E-state index contributed by atoms with van der Waals surface area (Å²) in [6.45, 7) is 0. The van der Waals surface area contributed by atoms with Crippen LogP contribution in [0.4, 0.5) is 5.69 Å². The number of amides is 1. The quantitative estimate of drug-likeness (QED) is 0.634. The smallest absolute Gasteiger partial charge is 0.230 e. The van der Waals surface area contributed by atoms with Gasteiger partial charge >= 0.3 is 0 Å². The highest BCUT2D eigenvalue weighted by Gasteiger charge is 2.50. The Balaban J connectivity index is 1.98. The summed E-state index contributed by atoms with van der Waals surface area (Å²) in [6.07, 6.45) is 2.15. The first-order valence-electron chi connectivity index (χ1n) is 4.74. The van der Waals surface area contributed by atoms with Crippen molar-refractivity contribution in [2.45, 2.75) is 18.9 Å². The third kappa shape index (κ3) is 0.857. The van der Waals surface area contributed by atoms with Crippen LogP contribution >= 0.6 is 0 Å². The molecular formula is C11H11NO. The lowest BCUT2D eigenvalue weighted by atomic mass is 9.86. The molecule has 3 fully saturated rings. The molecule has 4 rings (SSSR count). The Bertz CT molecular complexity index is 340. The van der Waals surface area contributed by atoms with E-state index in [9.17, 15) is 4.79 Å². The van der Waals surface area contributed by atoms with Crippen molar-refractivity contribution in [1.29, 1.82) is 0 Å². The number of carbonyl (C=O) groups is 1. The van der Waals surface area contributed by atoms with E-state index in [4.69, 9.17) is 0 Å². The maximum Gasteiger partial charge on any atom is 0.230 e. The molecule has 1 aromatic carbocycles. The van der Waals surface area contributed by atoms with Crippen LogP contribution < -0.4 is 4.90 Å². The summed E-state index contributed by atoms with van der Waals surface area (Å²) in [5.74, 6) is 0.668. The molecule has 66 valence electrons. The van der Waals surface area contributed by atoms with E-state index in [1.165, 1.54) is 0 Å².